The maximum Gasteiger partial charge on any atom is 0.173 e. The predicted molar refractivity (Wildman–Crippen MR) is 90.5 cm³/mol. The molecule has 0 N–H and O–H groups in total. The Morgan fingerprint density at radius 3 is 2.33 bits per heavy atom. The third kappa shape index (κ3) is 4.93. The van der Waals surface area contributed by atoms with Gasteiger partial charge in [-0.3, -0.25) is 0 Å². The van der Waals surface area contributed by atoms with Crippen molar-refractivity contribution in [1.29, 1.82) is 0 Å². The van der Waals surface area contributed by atoms with Crippen molar-refractivity contribution in [3.63, 3.8) is 0 Å². The molecule has 0 fully saturated rings. The zero-order chi connectivity index (χ0) is 14.5. The molecule has 1 atom stereocenters. The van der Waals surface area contributed by atoms with E-state index in [0.29, 0.717) is 5.75 Å². The van der Waals surface area contributed by atoms with E-state index >= 15 is 0 Å². The lowest BCUT2D eigenvalue weighted by Gasteiger charge is -2.16. The van der Waals surface area contributed by atoms with E-state index in [1.54, 1.807) is 0 Å². The van der Waals surface area contributed by atoms with Crippen LogP contribution in [0.25, 0.3) is 0 Å². The van der Waals surface area contributed by atoms with E-state index in [1.807, 2.05) is 50.9 Å². The Morgan fingerprint density at radius 2 is 1.76 bits per heavy atom. The van der Waals surface area contributed by atoms with Gasteiger partial charge in [0.1, 0.15) is 11.6 Å². The van der Waals surface area contributed by atoms with Gasteiger partial charge < -0.3 is 4.74 Å². The molecule has 112 valence electrons. The zero-order valence-corrected chi connectivity index (χ0v) is 12.3. The molecule has 0 radical (unpaired) electrons. The van der Waals surface area contributed by atoms with Crippen LogP contribution in [0.4, 0.5) is 4.39 Å². The molecular formula is C18H24BFO. The molecule has 0 aromatic heterocycles. The van der Waals surface area contributed by atoms with Gasteiger partial charge in [0.15, 0.2) is 6.71 Å². The van der Waals surface area contributed by atoms with Gasteiger partial charge in [0.2, 0.25) is 0 Å². The van der Waals surface area contributed by atoms with E-state index in [4.69, 9.17) is 4.74 Å². The van der Waals surface area contributed by atoms with Crippen molar-refractivity contribution in [3.05, 3.63) is 59.9 Å². The minimum atomic E-state index is -0.190. The molecule has 2 aromatic rings. The Labute approximate surface area is 128 Å². The van der Waals surface area contributed by atoms with Gasteiger partial charge in [-0.25, -0.2) is 4.39 Å². The Bertz CT molecular complexity index is 554. The van der Waals surface area contributed by atoms with E-state index in [1.165, 1.54) is 11.6 Å². The van der Waals surface area contributed by atoms with Crippen LogP contribution in [0.3, 0.4) is 0 Å². The maximum atomic E-state index is 13.9. The lowest BCUT2D eigenvalue weighted by atomic mass is 9.49. The van der Waals surface area contributed by atoms with Crippen LogP contribution < -0.4 is 10.2 Å². The smallest absolute Gasteiger partial charge is 0.173 e. The van der Waals surface area contributed by atoms with Crippen molar-refractivity contribution in [3.8, 4) is 5.75 Å². The predicted octanol–water partition coefficient (Wildman–Crippen LogP) is 4.43. The normalized spacial score (nSPS) is 11.4. The molecule has 1 unspecified atom stereocenters. The standard InChI is InChI=1S/C17H20BFO.CH4/c1-13(11-14-7-5-4-6-8-14)20-15-9-10-16(18(2)3)17(19)12-15;/h4-10,12-13H,11H2,1-3H3;1H4. The summed E-state index contributed by atoms with van der Waals surface area (Å²) in [5.41, 5.74) is 1.95. The quantitative estimate of drug-likeness (QED) is 0.739. The number of halogens is 1. The fraction of sp³-hybridized carbons (Fsp3) is 0.333. The number of benzene rings is 2. The monoisotopic (exact) mass is 286 g/mol. The molecule has 0 saturated heterocycles. The van der Waals surface area contributed by atoms with Crippen molar-refractivity contribution in [2.75, 3.05) is 0 Å². The van der Waals surface area contributed by atoms with Crippen LogP contribution in [0, 0.1) is 5.82 Å². The van der Waals surface area contributed by atoms with Gasteiger partial charge in [-0.2, -0.15) is 0 Å². The van der Waals surface area contributed by atoms with Crippen LogP contribution >= 0.6 is 0 Å². The summed E-state index contributed by atoms with van der Waals surface area (Å²) in [5.74, 6) is 0.403. The van der Waals surface area contributed by atoms with E-state index in [9.17, 15) is 4.39 Å². The van der Waals surface area contributed by atoms with Crippen LogP contribution in [-0.4, -0.2) is 12.8 Å². The molecule has 2 aromatic carbocycles. The van der Waals surface area contributed by atoms with Crippen LogP contribution in [0.2, 0.25) is 13.6 Å². The second-order valence-electron chi connectivity index (χ2n) is 5.46. The van der Waals surface area contributed by atoms with E-state index in [2.05, 4.69) is 12.1 Å². The molecule has 0 heterocycles. The molecule has 1 nitrogen and oxygen atoms in total. The lowest BCUT2D eigenvalue weighted by molar-refractivity contribution is 0.221. The summed E-state index contributed by atoms with van der Waals surface area (Å²) in [5, 5.41) is 0. The molecule has 2 rings (SSSR count). The third-order valence-electron chi connectivity index (χ3n) is 3.30. The molecule has 0 aliphatic carbocycles. The Morgan fingerprint density at radius 1 is 1.10 bits per heavy atom. The molecule has 3 heteroatoms. The lowest BCUT2D eigenvalue weighted by Crippen LogP contribution is -2.26. The summed E-state index contributed by atoms with van der Waals surface area (Å²) in [6.45, 7) is 6.15. The van der Waals surface area contributed by atoms with Gasteiger partial charge in [-0.1, -0.05) is 57.5 Å². The molecule has 0 saturated carbocycles. The van der Waals surface area contributed by atoms with Crippen molar-refractivity contribution in [2.45, 2.75) is 40.5 Å². The highest BCUT2D eigenvalue weighted by atomic mass is 19.1. The van der Waals surface area contributed by atoms with E-state index < -0.39 is 0 Å². The highest BCUT2D eigenvalue weighted by molar-refractivity contribution is 6.70. The summed E-state index contributed by atoms with van der Waals surface area (Å²) >= 11 is 0. The minimum Gasteiger partial charge on any atom is -0.490 e. The SMILES string of the molecule is C.CB(C)c1ccc(OC(C)Cc2ccccc2)cc1F. The first-order valence-corrected chi connectivity index (χ1v) is 7.06. The Kier molecular flexibility index (Phi) is 6.48. The summed E-state index contributed by atoms with van der Waals surface area (Å²) < 4.78 is 19.7. The average molecular weight is 286 g/mol. The fourth-order valence-electron chi connectivity index (χ4n) is 2.27. The molecule has 0 bridgehead atoms. The molecular weight excluding hydrogens is 262 g/mol. The first-order valence-electron chi connectivity index (χ1n) is 7.06. The van der Waals surface area contributed by atoms with Gasteiger partial charge in [0, 0.05) is 12.5 Å². The van der Waals surface area contributed by atoms with Gasteiger partial charge in [0.05, 0.1) is 6.10 Å². The summed E-state index contributed by atoms with van der Waals surface area (Å²) in [7, 11) is 0. The second kappa shape index (κ2) is 7.87. The highest BCUT2D eigenvalue weighted by Gasteiger charge is 2.12. The highest BCUT2D eigenvalue weighted by Crippen LogP contribution is 2.15. The molecule has 0 amide bonds. The topological polar surface area (TPSA) is 9.23 Å². The summed E-state index contributed by atoms with van der Waals surface area (Å²) in [4.78, 5) is 0. The average Bonchev–Trinajstić information content (AvgIpc) is 2.39. The van der Waals surface area contributed by atoms with Crippen molar-refractivity contribution >= 4 is 12.2 Å². The van der Waals surface area contributed by atoms with Gasteiger partial charge in [-0.15, -0.1) is 0 Å². The Hall–Kier alpha value is -1.77. The van der Waals surface area contributed by atoms with E-state index in [0.717, 1.165) is 11.9 Å². The molecule has 0 aliphatic heterocycles. The van der Waals surface area contributed by atoms with Gasteiger partial charge >= 0.3 is 0 Å². The van der Waals surface area contributed by atoms with E-state index in [-0.39, 0.29) is 26.1 Å². The summed E-state index contributed by atoms with van der Waals surface area (Å²) in [6, 6.07) is 15.3. The van der Waals surface area contributed by atoms with Crippen LogP contribution in [0.1, 0.15) is 19.9 Å². The third-order valence-corrected chi connectivity index (χ3v) is 3.30. The number of hydrogen-bond acceptors (Lipinski definition) is 1. The van der Waals surface area contributed by atoms with Crippen LogP contribution in [-0.2, 0) is 6.42 Å². The van der Waals surface area contributed by atoms with Crippen molar-refractivity contribution in [2.24, 2.45) is 0 Å². The maximum absolute atomic E-state index is 13.9. The number of rotatable bonds is 5. The molecule has 0 aliphatic rings. The zero-order valence-electron chi connectivity index (χ0n) is 12.3. The largest absolute Gasteiger partial charge is 0.490 e. The number of hydrogen-bond donors (Lipinski definition) is 0. The van der Waals surface area contributed by atoms with Gasteiger partial charge in [-0.05, 0) is 24.0 Å². The van der Waals surface area contributed by atoms with Crippen LogP contribution in [0.15, 0.2) is 48.5 Å². The minimum absolute atomic E-state index is 0. The number of ether oxygens (including phenoxy) is 1. The van der Waals surface area contributed by atoms with Crippen molar-refractivity contribution in [1.82, 2.24) is 0 Å². The first-order chi connectivity index (χ1) is 9.56. The first kappa shape index (κ1) is 17.3. The molecule has 21 heavy (non-hydrogen) atoms. The fourth-order valence-corrected chi connectivity index (χ4v) is 2.27. The van der Waals surface area contributed by atoms with Crippen LogP contribution in [0.5, 0.6) is 5.75 Å². The Balaban J connectivity index is 0.00000220. The summed E-state index contributed by atoms with van der Waals surface area (Å²) in [6.07, 6.45) is 0.829. The van der Waals surface area contributed by atoms with Crippen molar-refractivity contribution < 1.29 is 9.13 Å². The molecule has 0 spiro atoms. The second-order valence-corrected chi connectivity index (χ2v) is 5.46. The van der Waals surface area contributed by atoms with Gasteiger partial charge in [0.25, 0.3) is 0 Å².